The molecule has 0 aromatic heterocycles. The fraction of sp³-hybridized carbons (Fsp3) is 0.500. The van der Waals surface area contributed by atoms with E-state index in [0.717, 1.165) is 31.5 Å². The maximum absolute atomic E-state index is 12.7. The smallest absolute Gasteiger partial charge is 0.315 e. The molecule has 0 spiro atoms. The average molecular weight is 307 g/mol. The predicted octanol–water partition coefficient (Wildman–Crippen LogP) is 2.65. The zero-order valence-electron chi connectivity index (χ0n) is 12.3. The summed E-state index contributed by atoms with van der Waals surface area (Å²) in [5.74, 6) is 0.0399. The second kappa shape index (κ2) is 8.08. The minimum Gasteiger partial charge on any atom is -0.465 e. The van der Waals surface area contributed by atoms with Gasteiger partial charge in [0.05, 0.1) is 12.4 Å². The molecule has 5 heteroatoms. The third-order valence-electron chi connectivity index (χ3n) is 3.42. The van der Waals surface area contributed by atoms with Crippen LogP contribution in [0.4, 0.5) is 0 Å². The van der Waals surface area contributed by atoms with Crippen molar-refractivity contribution in [3.05, 3.63) is 35.9 Å². The first-order valence-corrected chi connectivity index (χ1v) is 8.38. The molecule has 1 fully saturated rings. The lowest BCUT2D eigenvalue weighted by Crippen LogP contribution is -2.32. The number of hydrogen-bond acceptors (Lipinski definition) is 4. The van der Waals surface area contributed by atoms with Crippen LogP contribution in [-0.2, 0) is 14.3 Å². The van der Waals surface area contributed by atoms with Gasteiger partial charge in [-0.2, -0.15) is 0 Å². The van der Waals surface area contributed by atoms with Crippen molar-refractivity contribution in [3.63, 3.8) is 0 Å². The normalized spacial score (nSPS) is 15.8. The van der Waals surface area contributed by atoms with Gasteiger partial charge in [-0.3, -0.25) is 9.59 Å². The van der Waals surface area contributed by atoms with E-state index in [0.29, 0.717) is 6.61 Å². The van der Waals surface area contributed by atoms with Crippen LogP contribution in [0.1, 0.15) is 30.6 Å². The van der Waals surface area contributed by atoms with E-state index in [1.54, 1.807) is 6.92 Å². The molecule has 114 valence electrons. The molecule has 1 aromatic carbocycles. The molecule has 21 heavy (non-hydrogen) atoms. The van der Waals surface area contributed by atoms with Crippen molar-refractivity contribution in [1.29, 1.82) is 0 Å². The molecule has 1 aliphatic heterocycles. The molecule has 2 rings (SSSR count). The Hall–Kier alpha value is -1.49. The van der Waals surface area contributed by atoms with E-state index in [4.69, 9.17) is 4.74 Å². The third-order valence-corrected chi connectivity index (χ3v) is 4.63. The number of hydrogen-bond donors (Lipinski definition) is 0. The summed E-state index contributed by atoms with van der Waals surface area (Å²) in [6, 6.07) is 9.65. The second-order valence-electron chi connectivity index (χ2n) is 4.94. The fourth-order valence-corrected chi connectivity index (χ4v) is 3.42. The van der Waals surface area contributed by atoms with Gasteiger partial charge in [-0.15, -0.1) is 11.8 Å². The standard InChI is InChI=1S/C16H21NO3S/c1-2-20-14(18)12-21-15(13-8-4-3-5-9-13)16(19)17-10-6-7-11-17/h3-5,8-9,15H,2,6-7,10-12H2,1H3. The highest BCUT2D eigenvalue weighted by atomic mass is 32.2. The van der Waals surface area contributed by atoms with E-state index in [-0.39, 0.29) is 22.9 Å². The van der Waals surface area contributed by atoms with Crippen molar-refractivity contribution < 1.29 is 14.3 Å². The van der Waals surface area contributed by atoms with Crippen LogP contribution in [0.5, 0.6) is 0 Å². The van der Waals surface area contributed by atoms with E-state index in [9.17, 15) is 9.59 Å². The third kappa shape index (κ3) is 4.49. The maximum atomic E-state index is 12.7. The van der Waals surface area contributed by atoms with E-state index < -0.39 is 0 Å². The topological polar surface area (TPSA) is 46.6 Å². The summed E-state index contributed by atoms with van der Waals surface area (Å²) >= 11 is 1.35. The summed E-state index contributed by atoms with van der Waals surface area (Å²) in [7, 11) is 0. The Morgan fingerprint density at radius 2 is 1.90 bits per heavy atom. The van der Waals surface area contributed by atoms with Crippen LogP contribution in [0, 0.1) is 0 Å². The predicted molar refractivity (Wildman–Crippen MR) is 84.1 cm³/mol. The molecule has 1 saturated heterocycles. The molecule has 1 atom stereocenters. The van der Waals surface area contributed by atoms with Gasteiger partial charge >= 0.3 is 5.97 Å². The highest BCUT2D eigenvalue weighted by Crippen LogP contribution is 2.32. The van der Waals surface area contributed by atoms with Crippen LogP contribution in [0.15, 0.2) is 30.3 Å². The summed E-state index contributed by atoms with van der Waals surface area (Å²) in [4.78, 5) is 26.1. The van der Waals surface area contributed by atoms with Gasteiger partial charge in [-0.1, -0.05) is 30.3 Å². The molecule has 4 nitrogen and oxygen atoms in total. The lowest BCUT2D eigenvalue weighted by Gasteiger charge is -2.23. The van der Waals surface area contributed by atoms with E-state index >= 15 is 0 Å². The van der Waals surface area contributed by atoms with Gasteiger partial charge in [-0.25, -0.2) is 0 Å². The Morgan fingerprint density at radius 1 is 1.24 bits per heavy atom. The lowest BCUT2D eigenvalue weighted by atomic mass is 10.1. The molecule has 0 N–H and O–H groups in total. The van der Waals surface area contributed by atoms with E-state index in [1.165, 1.54) is 11.8 Å². The number of ether oxygens (including phenoxy) is 1. The summed E-state index contributed by atoms with van der Waals surface area (Å²) in [6.45, 7) is 3.80. The Labute approximate surface area is 129 Å². The molecule has 0 bridgehead atoms. The lowest BCUT2D eigenvalue weighted by molar-refractivity contribution is -0.139. The molecule has 1 amide bonds. The van der Waals surface area contributed by atoms with Crippen molar-refractivity contribution in [2.45, 2.75) is 25.0 Å². The average Bonchev–Trinajstić information content (AvgIpc) is 3.03. The molecular weight excluding hydrogens is 286 g/mol. The van der Waals surface area contributed by atoms with Gasteiger partial charge < -0.3 is 9.64 Å². The SMILES string of the molecule is CCOC(=O)CSC(C(=O)N1CCCC1)c1ccccc1. The van der Waals surface area contributed by atoms with Crippen molar-refractivity contribution in [3.8, 4) is 0 Å². The van der Waals surface area contributed by atoms with Crippen LogP contribution in [0.3, 0.4) is 0 Å². The molecule has 0 aliphatic carbocycles. The van der Waals surface area contributed by atoms with E-state index in [2.05, 4.69) is 0 Å². The number of esters is 1. The highest BCUT2D eigenvalue weighted by Gasteiger charge is 2.28. The van der Waals surface area contributed by atoms with E-state index in [1.807, 2.05) is 35.2 Å². The number of nitrogens with zero attached hydrogens (tertiary/aromatic N) is 1. The molecule has 1 unspecified atom stereocenters. The largest absolute Gasteiger partial charge is 0.465 e. The number of rotatable bonds is 6. The quantitative estimate of drug-likeness (QED) is 0.758. The molecular formula is C16H21NO3S. The van der Waals surface area contributed by atoms with Gasteiger partial charge in [0.25, 0.3) is 0 Å². The zero-order valence-corrected chi connectivity index (χ0v) is 13.1. The second-order valence-corrected chi connectivity index (χ2v) is 6.03. The van der Waals surface area contributed by atoms with Gasteiger partial charge in [0.1, 0.15) is 5.25 Å². The van der Waals surface area contributed by atoms with Crippen molar-refractivity contribution in [1.82, 2.24) is 4.90 Å². The van der Waals surface area contributed by atoms with Crippen LogP contribution in [0.25, 0.3) is 0 Å². The van der Waals surface area contributed by atoms with Gasteiger partial charge in [-0.05, 0) is 25.3 Å². The number of amides is 1. The Morgan fingerprint density at radius 3 is 2.52 bits per heavy atom. The van der Waals surface area contributed by atoms with Crippen molar-refractivity contribution in [2.24, 2.45) is 0 Å². The van der Waals surface area contributed by atoms with Crippen LogP contribution in [0.2, 0.25) is 0 Å². The molecule has 1 heterocycles. The summed E-state index contributed by atoms with van der Waals surface area (Å²) in [5.41, 5.74) is 0.948. The van der Waals surface area contributed by atoms with Crippen LogP contribution < -0.4 is 0 Å². The van der Waals surface area contributed by atoms with Crippen LogP contribution in [-0.4, -0.2) is 42.2 Å². The van der Waals surface area contributed by atoms with Gasteiger partial charge in [0.2, 0.25) is 5.91 Å². The highest BCUT2D eigenvalue weighted by molar-refractivity contribution is 8.00. The fourth-order valence-electron chi connectivity index (χ4n) is 2.40. The minimum atomic E-state index is -0.325. The van der Waals surface area contributed by atoms with Crippen molar-refractivity contribution >= 4 is 23.6 Å². The molecule has 1 aromatic rings. The van der Waals surface area contributed by atoms with Crippen LogP contribution >= 0.6 is 11.8 Å². The maximum Gasteiger partial charge on any atom is 0.315 e. The Balaban J connectivity index is 2.06. The Bertz CT molecular complexity index is 472. The first-order chi connectivity index (χ1) is 10.2. The Kier molecular flexibility index (Phi) is 6.11. The zero-order chi connectivity index (χ0) is 15.1. The number of likely N-dealkylation sites (tertiary alicyclic amines) is 1. The summed E-state index contributed by atoms with van der Waals surface area (Å²) < 4.78 is 4.95. The monoisotopic (exact) mass is 307 g/mol. The van der Waals surface area contributed by atoms with Crippen molar-refractivity contribution in [2.75, 3.05) is 25.4 Å². The summed E-state index contributed by atoms with van der Waals surface area (Å²) in [5, 5.41) is -0.325. The number of benzene rings is 1. The molecule has 0 radical (unpaired) electrons. The molecule has 0 saturated carbocycles. The summed E-state index contributed by atoms with van der Waals surface area (Å²) in [6.07, 6.45) is 2.13. The first kappa shape index (κ1) is 15.9. The van der Waals surface area contributed by atoms with Gasteiger partial charge in [0.15, 0.2) is 0 Å². The number of thioether (sulfide) groups is 1. The van der Waals surface area contributed by atoms with Gasteiger partial charge in [0, 0.05) is 13.1 Å². The minimum absolute atomic E-state index is 0.105. The molecule has 1 aliphatic rings. The number of carbonyl (C=O) groups is 2. The first-order valence-electron chi connectivity index (χ1n) is 7.33. The number of carbonyl (C=O) groups excluding carboxylic acids is 2.